The van der Waals surface area contributed by atoms with Gasteiger partial charge < -0.3 is 10.6 Å². The van der Waals surface area contributed by atoms with Crippen molar-refractivity contribution in [1.82, 2.24) is 14.9 Å². The Kier molecular flexibility index (Phi) is 6.90. The molecule has 11 heteroatoms. The van der Waals surface area contributed by atoms with Crippen LogP contribution in [-0.4, -0.2) is 28.4 Å². The Labute approximate surface area is 197 Å². The fourth-order valence-corrected chi connectivity index (χ4v) is 4.51. The number of rotatable bonds is 4. The SMILES string of the molecule is CNC(=O)c1cc(Br)cc(Br)c1NC(=O)c1cc(Cl)c(Cl)n1-c1ncccc1Cl. The van der Waals surface area contributed by atoms with E-state index in [1.807, 2.05) is 0 Å². The van der Waals surface area contributed by atoms with Gasteiger partial charge in [-0.2, -0.15) is 0 Å². The number of carbonyl (C=O) groups excluding carboxylic acids is 2. The summed E-state index contributed by atoms with van der Waals surface area (Å²) >= 11 is 25.4. The van der Waals surface area contributed by atoms with Crippen LogP contribution in [0.4, 0.5) is 5.69 Å². The highest BCUT2D eigenvalue weighted by molar-refractivity contribution is 9.11. The number of amides is 2. The van der Waals surface area contributed by atoms with Crippen LogP contribution in [0.3, 0.4) is 0 Å². The van der Waals surface area contributed by atoms with Gasteiger partial charge in [0.2, 0.25) is 0 Å². The van der Waals surface area contributed by atoms with Gasteiger partial charge in [0.25, 0.3) is 11.8 Å². The smallest absolute Gasteiger partial charge is 0.272 e. The van der Waals surface area contributed by atoms with Crippen molar-refractivity contribution in [1.29, 1.82) is 0 Å². The van der Waals surface area contributed by atoms with Gasteiger partial charge in [-0.1, -0.05) is 50.7 Å². The number of halogens is 5. The van der Waals surface area contributed by atoms with Crippen molar-refractivity contribution in [3.8, 4) is 5.82 Å². The van der Waals surface area contributed by atoms with E-state index in [0.29, 0.717) is 8.95 Å². The number of hydrogen-bond acceptors (Lipinski definition) is 3. The average molecular weight is 581 g/mol. The van der Waals surface area contributed by atoms with E-state index in [9.17, 15) is 9.59 Å². The zero-order valence-corrected chi connectivity index (χ0v) is 20.0. The molecule has 2 aromatic heterocycles. The number of benzene rings is 1. The number of hydrogen-bond donors (Lipinski definition) is 2. The molecule has 2 heterocycles. The first-order valence-electron chi connectivity index (χ1n) is 7.94. The normalized spacial score (nSPS) is 10.7. The summed E-state index contributed by atoms with van der Waals surface area (Å²) in [5.41, 5.74) is 0.635. The molecule has 0 radical (unpaired) electrons. The second-order valence-corrected chi connectivity index (χ2v) is 8.60. The molecule has 6 nitrogen and oxygen atoms in total. The Hall–Kier alpha value is -1.58. The van der Waals surface area contributed by atoms with Crippen LogP contribution in [0.2, 0.25) is 15.2 Å². The molecule has 0 aliphatic rings. The summed E-state index contributed by atoms with van der Waals surface area (Å²) in [6, 6.07) is 7.96. The van der Waals surface area contributed by atoms with Gasteiger partial charge in [-0.25, -0.2) is 4.98 Å². The second kappa shape index (κ2) is 9.06. The van der Waals surface area contributed by atoms with E-state index in [4.69, 9.17) is 34.8 Å². The third-order valence-corrected chi connectivity index (χ3v) is 5.98. The molecule has 3 aromatic rings. The molecule has 29 heavy (non-hydrogen) atoms. The van der Waals surface area contributed by atoms with Crippen LogP contribution in [0.5, 0.6) is 0 Å². The molecule has 0 bridgehead atoms. The lowest BCUT2D eigenvalue weighted by atomic mass is 10.1. The Morgan fingerprint density at radius 1 is 1.07 bits per heavy atom. The van der Waals surface area contributed by atoms with Crippen LogP contribution in [0, 0.1) is 0 Å². The topological polar surface area (TPSA) is 76.0 Å². The first-order chi connectivity index (χ1) is 13.7. The van der Waals surface area contributed by atoms with Crippen molar-refractivity contribution >= 4 is 84.2 Å². The maximum atomic E-state index is 13.1. The third kappa shape index (κ3) is 4.46. The summed E-state index contributed by atoms with van der Waals surface area (Å²) < 4.78 is 2.51. The monoisotopic (exact) mass is 578 g/mol. The molecule has 0 saturated carbocycles. The standard InChI is InChI=1S/C18H11Br2Cl3N4O2/c1-24-17(28)9-5-8(19)6-10(20)14(9)26-18(29)13-7-12(22)15(23)27(13)16-11(21)3-2-4-25-16/h2-7H,1H3,(H,24,28)(H,26,29). The van der Waals surface area contributed by atoms with Gasteiger partial charge in [0, 0.05) is 22.2 Å². The summed E-state index contributed by atoms with van der Waals surface area (Å²) in [5.74, 6) is -0.687. The van der Waals surface area contributed by atoms with Gasteiger partial charge in [0.05, 0.1) is 21.3 Å². The maximum Gasteiger partial charge on any atom is 0.272 e. The van der Waals surface area contributed by atoms with Crippen molar-refractivity contribution in [2.45, 2.75) is 0 Å². The maximum absolute atomic E-state index is 13.1. The quantitative estimate of drug-likeness (QED) is 0.399. The summed E-state index contributed by atoms with van der Waals surface area (Å²) in [6.45, 7) is 0. The van der Waals surface area contributed by atoms with Gasteiger partial charge >= 0.3 is 0 Å². The molecule has 1 aromatic carbocycles. The summed E-state index contributed by atoms with van der Waals surface area (Å²) in [5, 5.41) is 5.79. The molecule has 150 valence electrons. The first kappa shape index (κ1) is 22.1. The van der Waals surface area contributed by atoms with Crippen molar-refractivity contribution < 1.29 is 9.59 Å². The Morgan fingerprint density at radius 3 is 2.45 bits per heavy atom. The van der Waals surface area contributed by atoms with E-state index < -0.39 is 5.91 Å². The average Bonchev–Trinajstić information content (AvgIpc) is 2.98. The van der Waals surface area contributed by atoms with Gasteiger partial charge in [-0.05, 0) is 46.3 Å². The van der Waals surface area contributed by atoms with Crippen LogP contribution in [0.1, 0.15) is 20.8 Å². The number of carbonyl (C=O) groups is 2. The van der Waals surface area contributed by atoms with E-state index in [1.165, 1.54) is 23.9 Å². The lowest BCUT2D eigenvalue weighted by Gasteiger charge is -2.15. The summed E-state index contributed by atoms with van der Waals surface area (Å²) in [7, 11) is 1.50. The predicted octanol–water partition coefficient (Wildman–Crippen LogP) is 5.97. The number of nitrogens with one attached hydrogen (secondary N) is 2. The molecule has 0 fully saturated rings. The number of aromatic nitrogens is 2. The fourth-order valence-electron chi connectivity index (χ4n) is 2.56. The minimum absolute atomic E-state index is 0.0822. The molecule has 0 atom stereocenters. The van der Waals surface area contributed by atoms with Crippen LogP contribution in [0.25, 0.3) is 5.82 Å². The minimum atomic E-state index is -0.561. The van der Waals surface area contributed by atoms with Gasteiger partial charge in [-0.15, -0.1) is 0 Å². The van der Waals surface area contributed by atoms with E-state index in [-0.39, 0.29) is 43.9 Å². The molecule has 0 aliphatic heterocycles. The van der Waals surface area contributed by atoms with Crippen molar-refractivity contribution in [2.75, 3.05) is 12.4 Å². The molecule has 2 amide bonds. The van der Waals surface area contributed by atoms with E-state index in [0.717, 1.165) is 0 Å². The Bertz CT molecular complexity index is 1130. The Balaban J connectivity index is 2.10. The van der Waals surface area contributed by atoms with Crippen LogP contribution < -0.4 is 10.6 Å². The highest BCUT2D eigenvalue weighted by atomic mass is 79.9. The molecule has 0 saturated heterocycles. The lowest BCUT2D eigenvalue weighted by molar-refractivity contribution is 0.0964. The number of anilines is 1. The molecular weight excluding hydrogens is 570 g/mol. The second-order valence-electron chi connectivity index (χ2n) is 5.66. The van der Waals surface area contributed by atoms with Gasteiger partial charge in [0.1, 0.15) is 10.8 Å². The largest absolute Gasteiger partial charge is 0.355 e. The summed E-state index contributed by atoms with van der Waals surface area (Å²) in [6.07, 6.45) is 1.52. The van der Waals surface area contributed by atoms with Crippen LogP contribution in [0.15, 0.2) is 45.5 Å². The van der Waals surface area contributed by atoms with Crippen molar-refractivity contribution in [3.63, 3.8) is 0 Å². The first-order valence-corrected chi connectivity index (χ1v) is 10.7. The number of pyridine rings is 1. The Morgan fingerprint density at radius 2 is 1.79 bits per heavy atom. The third-order valence-electron chi connectivity index (χ3n) is 3.85. The lowest BCUT2D eigenvalue weighted by Crippen LogP contribution is -2.23. The van der Waals surface area contributed by atoms with Gasteiger partial charge in [0.15, 0.2) is 5.82 Å². The van der Waals surface area contributed by atoms with Gasteiger partial charge in [-0.3, -0.25) is 14.2 Å². The van der Waals surface area contributed by atoms with Crippen molar-refractivity contribution in [2.24, 2.45) is 0 Å². The number of nitrogens with zero attached hydrogens (tertiary/aromatic N) is 2. The van der Waals surface area contributed by atoms with E-state index in [2.05, 4.69) is 47.5 Å². The zero-order valence-electron chi connectivity index (χ0n) is 14.6. The highest BCUT2D eigenvalue weighted by Gasteiger charge is 2.24. The molecule has 0 spiro atoms. The molecule has 3 rings (SSSR count). The molecule has 0 unspecified atom stereocenters. The predicted molar refractivity (Wildman–Crippen MR) is 122 cm³/mol. The molecular formula is C18H11Br2Cl3N4O2. The van der Waals surface area contributed by atoms with E-state index in [1.54, 1.807) is 24.3 Å². The highest BCUT2D eigenvalue weighted by Crippen LogP contribution is 2.34. The minimum Gasteiger partial charge on any atom is -0.355 e. The molecule has 2 N–H and O–H groups in total. The molecule has 0 aliphatic carbocycles. The van der Waals surface area contributed by atoms with Crippen molar-refractivity contribution in [3.05, 3.63) is 71.9 Å². The van der Waals surface area contributed by atoms with Crippen LogP contribution >= 0.6 is 66.7 Å². The summed E-state index contributed by atoms with van der Waals surface area (Å²) in [4.78, 5) is 29.6. The zero-order chi connectivity index (χ0) is 21.3. The fraction of sp³-hybridized carbons (Fsp3) is 0.0556. The van der Waals surface area contributed by atoms with E-state index >= 15 is 0 Å². The van der Waals surface area contributed by atoms with Crippen LogP contribution in [-0.2, 0) is 0 Å².